The molecular formula is C65H66FNO5. The van der Waals surface area contributed by atoms with Crippen LogP contribution in [-0.4, -0.2) is 33.3 Å². The molecule has 7 aromatic carbocycles. The fraction of sp³-hybridized carbons (Fsp3) is 0.338. The number of hydrogen-bond donors (Lipinski definition) is 0. The maximum Gasteiger partial charge on any atom is 0.343 e. The molecule has 0 radical (unpaired) electrons. The number of hydrogen-bond acceptors (Lipinski definition) is 6. The number of piperidine rings is 1. The first kappa shape index (κ1) is 47.6. The predicted molar refractivity (Wildman–Crippen MR) is 289 cm³/mol. The molecule has 0 aromatic heterocycles. The van der Waals surface area contributed by atoms with Gasteiger partial charge < -0.3 is 23.8 Å². The van der Waals surface area contributed by atoms with Crippen LogP contribution in [-0.2, 0) is 15.9 Å². The van der Waals surface area contributed by atoms with Crippen molar-refractivity contribution in [2.24, 2.45) is 5.92 Å². The Labute approximate surface area is 424 Å². The number of methoxy groups -OCH3 is 2. The second-order valence-corrected chi connectivity index (χ2v) is 20.6. The number of anilines is 1. The van der Waals surface area contributed by atoms with E-state index in [9.17, 15) is 9.18 Å². The van der Waals surface area contributed by atoms with Crippen molar-refractivity contribution in [2.75, 3.05) is 32.2 Å². The fourth-order valence-electron chi connectivity index (χ4n) is 12.7. The molecule has 2 heterocycles. The van der Waals surface area contributed by atoms with E-state index < -0.39 is 17.2 Å². The normalized spacial score (nSPS) is 21.2. The molecule has 0 spiro atoms. The maximum atomic E-state index is 14.7. The molecule has 368 valence electrons. The summed E-state index contributed by atoms with van der Waals surface area (Å²) in [6.45, 7) is 6.50. The van der Waals surface area contributed by atoms with Gasteiger partial charge in [0.1, 0.15) is 17.2 Å². The average Bonchev–Trinajstić information content (AvgIpc) is 3.74. The van der Waals surface area contributed by atoms with Crippen molar-refractivity contribution in [1.82, 2.24) is 0 Å². The van der Waals surface area contributed by atoms with E-state index in [1.54, 1.807) is 14.2 Å². The Kier molecular flexibility index (Phi) is 13.3. The summed E-state index contributed by atoms with van der Waals surface area (Å²) >= 11 is 0. The smallest absolute Gasteiger partial charge is 0.343 e. The van der Waals surface area contributed by atoms with Crippen LogP contribution in [0.1, 0.15) is 141 Å². The van der Waals surface area contributed by atoms with Crippen molar-refractivity contribution in [3.8, 4) is 39.5 Å². The first-order valence-electron chi connectivity index (χ1n) is 26.6. The van der Waals surface area contributed by atoms with E-state index in [4.69, 9.17) is 18.9 Å². The molecule has 2 aliphatic heterocycles. The number of ether oxygens (including phenoxy) is 4. The summed E-state index contributed by atoms with van der Waals surface area (Å²) < 4.78 is 41.4. The van der Waals surface area contributed by atoms with Gasteiger partial charge in [-0.2, -0.15) is 0 Å². The number of esters is 1. The van der Waals surface area contributed by atoms with E-state index in [0.29, 0.717) is 35.2 Å². The molecule has 4 aliphatic rings. The zero-order valence-electron chi connectivity index (χ0n) is 42.3. The lowest BCUT2D eigenvalue weighted by molar-refractivity contribution is 0.0219. The van der Waals surface area contributed by atoms with Crippen molar-refractivity contribution in [2.45, 2.75) is 108 Å². The molecule has 2 aliphatic carbocycles. The molecule has 1 saturated heterocycles. The van der Waals surface area contributed by atoms with Crippen molar-refractivity contribution < 1.29 is 28.1 Å². The number of unbranched alkanes of at least 4 members (excludes halogenated alkanes) is 2. The van der Waals surface area contributed by atoms with Gasteiger partial charge in [-0.05, 0) is 144 Å². The van der Waals surface area contributed by atoms with Crippen LogP contribution in [0.4, 0.5) is 10.1 Å². The van der Waals surface area contributed by atoms with Gasteiger partial charge in [0.2, 0.25) is 0 Å². The number of carbonyl (C=O) groups excluding carboxylic acids is 1. The zero-order valence-corrected chi connectivity index (χ0v) is 42.3. The Bertz CT molecular complexity index is 3110. The molecule has 0 amide bonds. The Balaban J connectivity index is 0.961. The van der Waals surface area contributed by atoms with Gasteiger partial charge in [-0.3, -0.25) is 0 Å². The first-order chi connectivity index (χ1) is 35.3. The van der Waals surface area contributed by atoms with E-state index in [2.05, 4.69) is 104 Å². The summed E-state index contributed by atoms with van der Waals surface area (Å²) in [6, 6.07) is 44.2. The lowest BCUT2D eigenvalue weighted by Crippen LogP contribution is -2.36. The first-order valence-corrected chi connectivity index (χ1v) is 26.6. The third-order valence-corrected chi connectivity index (χ3v) is 16.5. The topological polar surface area (TPSA) is 57.2 Å². The van der Waals surface area contributed by atoms with Gasteiger partial charge in [-0.15, -0.1) is 0 Å². The van der Waals surface area contributed by atoms with Crippen LogP contribution in [0.15, 0.2) is 140 Å². The Morgan fingerprint density at radius 2 is 1.44 bits per heavy atom. The SMILES string of the molecule is CCCCCC1CCCC(c2ccc(-c3ccc(C(=O)Oc4cc5c6c(c7c(c5cc4OC)OC(c4ccc(F)cc4)(c4ccc(N5CCCCC5)cc4)C=C7)C(CC)(OC)c4ccccc4-6)cc3)cc2)C1. The van der Waals surface area contributed by atoms with Crippen LogP contribution in [0.5, 0.6) is 17.2 Å². The third-order valence-electron chi connectivity index (χ3n) is 16.5. The summed E-state index contributed by atoms with van der Waals surface area (Å²) in [6.07, 6.45) is 19.1. The molecule has 4 unspecified atom stereocenters. The Hall–Kier alpha value is -6.70. The molecule has 72 heavy (non-hydrogen) atoms. The summed E-state index contributed by atoms with van der Waals surface area (Å²) in [5.41, 5.74) is 9.93. The fourth-order valence-corrected chi connectivity index (χ4v) is 12.7. The second-order valence-electron chi connectivity index (χ2n) is 20.6. The Morgan fingerprint density at radius 3 is 2.14 bits per heavy atom. The molecule has 2 fully saturated rings. The second kappa shape index (κ2) is 20.1. The van der Waals surface area contributed by atoms with Crippen molar-refractivity contribution in [3.05, 3.63) is 184 Å². The van der Waals surface area contributed by atoms with Crippen LogP contribution in [0.25, 0.3) is 39.1 Å². The lowest BCUT2D eigenvalue weighted by atomic mass is 9.76. The molecule has 1 saturated carbocycles. The van der Waals surface area contributed by atoms with Crippen LogP contribution in [0.2, 0.25) is 0 Å². The van der Waals surface area contributed by atoms with Gasteiger partial charge in [0.25, 0.3) is 0 Å². The largest absolute Gasteiger partial charge is 0.493 e. The molecule has 6 nitrogen and oxygen atoms in total. The lowest BCUT2D eigenvalue weighted by Gasteiger charge is -2.39. The molecule has 0 N–H and O–H groups in total. The highest BCUT2D eigenvalue weighted by Gasteiger charge is 2.48. The van der Waals surface area contributed by atoms with Gasteiger partial charge in [0, 0.05) is 53.5 Å². The zero-order chi connectivity index (χ0) is 49.4. The molecule has 0 bridgehead atoms. The summed E-state index contributed by atoms with van der Waals surface area (Å²) in [7, 11) is 3.36. The van der Waals surface area contributed by atoms with Crippen molar-refractivity contribution in [1.29, 1.82) is 0 Å². The van der Waals surface area contributed by atoms with Gasteiger partial charge >= 0.3 is 5.97 Å². The van der Waals surface area contributed by atoms with Crippen LogP contribution in [0.3, 0.4) is 0 Å². The molecule has 11 rings (SSSR count). The highest BCUT2D eigenvalue weighted by molar-refractivity contribution is 6.10. The van der Waals surface area contributed by atoms with Crippen molar-refractivity contribution >= 4 is 28.5 Å². The van der Waals surface area contributed by atoms with E-state index in [1.807, 2.05) is 48.5 Å². The Morgan fingerprint density at radius 1 is 0.750 bits per heavy atom. The number of rotatable bonds is 14. The third kappa shape index (κ3) is 8.47. The van der Waals surface area contributed by atoms with Gasteiger partial charge in [0.15, 0.2) is 17.1 Å². The number of carbonyl (C=O) groups is 1. The van der Waals surface area contributed by atoms with Gasteiger partial charge in [-0.25, -0.2) is 9.18 Å². The summed E-state index contributed by atoms with van der Waals surface area (Å²) in [5, 5.41) is 1.61. The van der Waals surface area contributed by atoms with E-state index >= 15 is 0 Å². The highest BCUT2D eigenvalue weighted by Crippen LogP contribution is 2.60. The average molecular weight is 960 g/mol. The standard InChI is InChI=1S/C65H66FNO5/c1-5-7-9-15-43-16-14-17-48(40-43)46-22-20-44(21-23-46)45-24-26-47(27-25-45)63(68)71-59-41-55-56(42-58(59)69-3)62-54(61-60(55)53-18-10-11-19-57(53)64(61,6-2)70-4)36-37-65(72-62,49-28-32-51(66)33-29-49)50-30-34-52(35-31-50)67-38-12-8-13-39-67/h10-11,18-37,41-43,48H,5-9,12-17,38-40H2,1-4H3. The van der Waals surface area contributed by atoms with Gasteiger partial charge in [-0.1, -0.05) is 143 Å². The minimum Gasteiger partial charge on any atom is -0.493 e. The maximum absolute atomic E-state index is 14.7. The monoisotopic (exact) mass is 959 g/mol. The summed E-state index contributed by atoms with van der Waals surface area (Å²) in [5.74, 6) is 1.97. The molecule has 7 aromatic rings. The number of halogens is 1. The molecular weight excluding hydrogens is 894 g/mol. The minimum atomic E-state index is -1.13. The number of nitrogens with zero attached hydrogens (tertiary/aromatic N) is 1. The van der Waals surface area contributed by atoms with Crippen LogP contribution >= 0.6 is 0 Å². The van der Waals surface area contributed by atoms with Crippen LogP contribution in [0, 0.1) is 11.7 Å². The quantitative estimate of drug-likeness (QED) is 0.0615. The van der Waals surface area contributed by atoms with Crippen molar-refractivity contribution in [3.63, 3.8) is 0 Å². The minimum absolute atomic E-state index is 0.292. The molecule has 4 atom stereocenters. The highest BCUT2D eigenvalue weighted by atomic mass is 19.1. The van der Waals surface area contributed by atoms with E-state index in [1.165, 1.54) is 94.0 Å². The predicted octanol–water partition coefficient (Wildman–Crippen LogP) is 16.3. The van der Waals surface area contributed by atoms with Gasteiger partial charge in [0.05, 0.1) is 12.7 Å². The number of fused-ring (bicyclic) bond motifs is 8. The van der Waals surface area contributed by atoms with E-state index in [0.717, 1.165) is 79.9 Å². The molecule has 7 heteroatoms. The van der Waals surface area contributed by atoms with E-state index in [-0.39, 0.29) is 5.82 Å². The summed E-state index contributed by atoms with van der Waals surface area (Å²) in [4.78, 5) is 16.7. The number of benzene rings is 7. The van der Waals surface area contributed by atoms with Crippen LogP contribution < -0.4 is 19.1 Å².